The van der Waals surface area contributed by atoms with Crippen molar-refractivity contribution in [3.63, 3.8) is 0 Å². The monoisotopic (exact) mass is 346 g/mol. The molecule has 4 heteroatoms. The van der Waals surface area contributed by atoms with Crippen LogP contribution in [-0.2, 0) is 0 Å². The second-order valence-corrected chi connectivity index (χ2v) is 6.00. The van der Waals surface area contributed by atoms with E-state index < -0.39 is 0 Å². The predicted molar refractivity (Wildman–Crippen MR) is 90.6 cm³/mol. The highest BCUT2D eigenvalue weighted by molar-refractivity contribution is 9.10. The van der Waals surface area contributed by atoms with Gasteiger partial charge in [0.25, 0.3) is 0 Å². The van der Waals surface area contributed by atoms with E-state index in [9.17, 15) is 4.79 Å². The molecule has 2 N–H and O–H groups in total. The van der Waals surface area contributed by atoms with Crippen molar-refractivity contribution in [2.75, 3.05) is 5.32 Å². The molecule has 0 radical (unpaired) electrons. The summed E-state index contributed by atoms with van der Waals surface area (Å²) in [4.78, 5) is 12.1. The van der Waals surface area contributed by atoms with Crippen molar-refractivity contribution in [1.82, 2.24) is 5.32 Å². The minimum atomic E-state index is -0.215. The molecule has 0 bridgehead atoms. The first-order chi connectivity index (χ1) is 9.97. The van der Waals surface area contributed by atoms with Gasteiger partial charge >= 0.3 is 6.03 Å². The second-order valence-electron chi connectivity index (χ2n) is 5.14. The number of hydrogen-bond acceptors (Lipinski definition) is 1. The number of anilines is 1. The highest BCUT2D eigenvalue weighted by atomic mass is 79.9. The fourth-order valence-corrected chi connectivity index (χ4v) is 2.42. The van der Waals surface area contributed by atoms with Gasteiger partial charge in [-0.15, -0.1) is 0 Å². The fraction of sp³-hybridized carbons (Fsp3) is 0.235. The average Bonchev–Trinajstić information content (AvgIpc) is 2.44. The lowest BCUT2D eigenvalue weighted by Crippen LogP contribution is -2.31. The molecule has 3 nitrogen and oxygen atoms in total. The largest absolute Gasteiger partial charge is 0.331 e. The van der Waals surface area contributed by atoms with E-state index >= 15 is 0 Å². The van der Waals surface area contributed by atoms with Crippen molar-refractivity contribution in [3.8, 4) is 0 Å². The Morgan fingerprint density at radius 3 is 2.48 bits per heavy atom. The van der Waals surface area contributed by atoms with Gasteiger partial charge in [-0.25, -0.2) is 4.79 Å². The predicted octanol–water partition coefficient (Wildman–Crippen LogP) is 4.95. The van der Waals surface area contributed by atoms with Crippen LogP contribution in [0.2, 0.25) is 0 Å². The first-order valence-corrected chi connectivity index (χ1v) is 7.66. The smallest absolute Gasteiger partial charge is 0.319 e. The molecule has 0 saturated heterocycles. The first-order valence-electron chi connectivity index (χ1n) is 6.86. The normalized spacial score (nSPS) is 11.8. The molecule has 2 amide bonds. The van der Waals surface area contributed by atoms with Gasteiger partial charge in [-0.1, -0.05) is 30.3 Å². The fourth-order valence-electron chi connectivity index (χ4n) is 2.03. The Morgan fingerprint density at radius 2 is 1.81 bits per heavy atom. The number of halogens is 1. The minimum absolute atomic E-state index is 0.0493. The molecule has 0 fully saturated rings. The van der Waals surface area contributed by atoms with Crippen molar-refractivity contribution in [3.05, 3.63) is 63.6 Å². The molecule has 110 valence electrons. The van der Waals surface area contributed by atoms with Crippen molar-refractivity contribution in [1.29, 1.82) is 0 Å². The number of rotatable bonds is 3. The third-order valence-corrected chi connectivity index (χ3v) is 4.19. The quantitative estimate of drug-likeness (QED) is 0.811. The number of para-hydroxylation sites is 1. The number of carbonyl (C=O) groups excluding carboxylic acids is 1. The third kappa shape index (κ3) is 4.08. The molecule has 0 saturated carbocycles. The molecule has 0 heterocycles. The number of amides is 2. The number of urea groups is 1. The van der Waals surface area contributed by atoms with Crippen molar-refractivity contribution in [2.24, 2.45) is 0 Å². The maximum atomic E-state index is 12.1. The van der Waals surface area contributed by atoms with E-state index in [1.165, 1.54) is 11.1 Å². The molecule has 0 unspecified atom stereocenters. The number of aryl methyl sites for hydroxylation is 2. The van der Waals surface area contributed by atoms with E-state index in [0.717, 1.165) is 15.7 Å². The molecule has 0 spiro atoms. The van der Waals surface area contributed by atoms with Gasteiger partial charge in [0, 0.05) is 4.47 Å². The molecule has 0 aliphatic heterocycles. The van der Waals surface area contributed by atoms with Crippen LogP contribution in [0.4, 0.5) is 10.5 Å². The third-order valence-electron chi connectivity index (χ3n) is 3.50. The van der Waals surface area contributed by atoms with E-state index in [1.54, 1.807) is 0 Å². The van der Waals surface area contributed by atoms with Gasteiger partial charge in [-0.2, -0.15) is 0 Å². The van der Waals surface area contributed by atoms with Crippen molar-refractivity contribution in [2.45, 2.75) is 26.8 Å². The van der Waals surface area contributed by atoms with Crippen LogP contribution in [0.15, 0.2) is 46.9 Å². The first kappa shape index (κ1) is 15.6. The Kier molecular flexibility index (Phi) is 5.02. The lowest BCUT2D eigenvalue weighted by Gasteiger charge is -2.16. The van der Waals surface area contributed by atoms with E-state index in [2.05, 4.69) is 52.5 Å². The molecule has 0 aliphatic rings. The maximum absolute atomic E-state index is 12.1. The number of nitrogens with one attached hydrogen (secondary N) is 2. The van der Waals surface area contributed by atoms with Gasteiger partial charge in [0.15, 0.2) is 0 Å². The summed E-state index contributed by atoms with van der Waals surface area (Å²) >= 11 is 3.41. The molecule has 0 aromatic heterocycles. The molecular formula is C17H19BrN2O. The average molecular weight is 347 g/mol. The summed E-state index contributed by atoms with van der Waals surface area (Å²) in [6.45, 7) is 6.13. The van der Waals surface area contributed by atoms with Crippen LogP contribution in [-0.4, -0.2) is 6.03 Å². The van der Waals surface area contributed by atoms with Gasteiger partial charge in [-0.05, 0) is 65.5 Å². The van der Waals surface area contributed by atoms with Gasteiger partial charge in [-0.3, -0.25) is 0 Å². The zero-order chi connectivity index (χ0) is 15.4. The van der Waals surface area contributed by atoms with E-state index in [4.69, 9.17) is 0 Å². The topological polar surface area (TPSA) is 41.1 Å². The summed E-state index contributed by atoms with van der Waals surface area (Å²) < 4.78 is 0.860. The Hall–Kier alpha value is -1.81. The van der Waals surface area contributed by atoms with Gasteiger partial charge < -0.3 is 10.6 Å². The van der Waals surface area contributed by atoms with Crippen LogP contribution in [0.5, 0.6) is 0 Å². The summed E-state index contributed by atoms with van der Waals surface area (Å²) in [6.07, 6.45) is 0. The molecule has 2 aromatic carbocycles. The highest BCUT2D eigenvalue weighted by Gasteiger charge is 2.11. The van der Waals surface area contributed by atoms with E-state index in [0.29, 0.717) is 0 Å². The Morgan fingerprint density at radius 1 is 1.10 bits per heavy atom. The van der Waals surface area contributed by atoms with Gasteiger partial charge in [0.2, 0.25) is 0 Å². The van der Waals surface area contributed by atoms with Crippen LogP contribution in [0, 0.1) is 13.8 Å². The van der Waals surface area contributed by atoms with Crippen LogP contribution < -0.4 is 10.6 Å². The minimum Gasteiger partial charge on any atom is -0.331 e. The van der Waals surface area contributed by atoms with Gasteiger partial charge in [0.05, 0.1) is 11.7 Å². The Balaban J connectivity index is 2.02. The summed E-state index contributed by atoms with van der Waals surface area (Å²) in [6, 6.07) is 13.5. The SMILES string of the molecule is Cc1ccc([C@@H](C)NC(=O)Nc2ccccc2Br)cc1C. The standard InChI is InChI=1S/C17H19BrN2O/c1-11-8-9-14(10-12(11)2)13(3)19-17(21)20-16-7-5-4-6-15(16)18/h4-10,13H,1-3H3,(H2,19,20,21)/t13-/m1/s1. The van der Waals surface area contributed by atoms with Crippen LogP contribution in [0.25, 0.3) is 0 Å². The van der Waals surface area contributed by atoms with Crippen molar-refractivity contribution >= 4 is 27.6 Å². The zero-order valence-corrected chi connectivity index (χ0v) is 14.0. The summed E-state index contributed by atoms with van der Waals surface area (Å²) in [5, 5.41) is 5.79. The maximum Gasteiger partial charge on any atom is 0.319 e. The Labute approximate surface area is 133 Å². The molecule has 2 aromatic rings. The Bertz CT molecular complexity index is 655. The van der Waals surface area contributed by atoms with Gasteiger partial charge in [0.1, 0.15) is 0 Å². The van der Waals surface area contributed by atoms with Crippen LogP contribution >= 0.6 is 15.9 Å². The second kappa shape index (κ2) is 6.76. The lowest BCUT2D eigenvalue weighted by atomic mass is 10.0. The van der Waals surface area contributed by atoms with Crippen LogP contribution in [0.1, 0.15) is 29.7 Å². The number of benzene rings is 2. The molecule has 0 aliphatic carbocycles. The molecule has 1 atom stereocenters. The number of hydrogen-bond donors (Lipinski definition) is 2. The van der Waals surface area contributed by atoms with Crippen molar-refractivity contribution < 1.29 is 4.79 Å². The molecule has 21 heavy (non-hydrogen) atoms. The number of carbonyl (C=O) groups is 1. The van der Waals surface area contributed by atoms with E-state index in [-0.39, 0.29) is 12.1 Å². The summed E-state index contributed by atoms with van der Waals surface area (Å²) in [7, 11) is 0. The molecular weight excluding hydrogens is 328 g/mol. The summed E-state index contributed by atoms with van der Waals surface area (Å²) in [5.41, 5.74) is 4.33. The molecule has 2 rings (SSSR count). The van der Waals surface area contributed by atoms with Crippen LogP contribution in [0.3, 0.4) is 0 Å². The highest BCUT2D eigenvalue weighted by Crippen LogP contribution is 2.21. The lowest BCUT2D eigenvalue weighted by molar-refractivity contribution is 0.249. The zero-order valence-electron chi connectivity index (χ0n) is 12.4. The van der Waals surface area contributed by atoms with E-state index in [1.807, 2.05) is 37.3 Å². The summed E-state index contributed by atoms with van der Waals surface area (Å²) in [5.74, 6) is 0.